The standard InChI is InChI=1S/C15H24BrN3OS.2ClH/c1-11(2)9-13(17)15(20)19-7-5-18(6-8-19)10-12-3-4-14(16)21-12;;/h3-4,11,13H,5-10,17H2,1-2H3;2*1H/t13-;;/m0../s1. The van der Waals surface area contributed by atoms with Gasteiger partial charge in [-0.3, -0.25) is 9.69 Å². The van der Waals surface area contributed by atoms with Gasteiger partial charge in [0, 0.05) is 37.6 Å². The maximum absolute atomic E-state index is 12.3. The lowest BCUT2D eigenvalue weighted by molar-refractivity contribution is -0.134. The fraction of sp³-hybridized carbons (Fsp3) is 0.667. The van der Waals surface area contributed by atoms with Crippen molar-refractivity contribution in [1.29, 1.82) is 0 Å². The largest absolute Gasteiger partial charge is 0.339 e. The van der Waals surface area contributed by atoms with Crippen molar-refractivity contribution in [2.45, 2.75) is 32.9 Å². The van der Waals surface area contributed by atoms with Gasteiger partial charge in [0.1, 0.15) is 0 Å². The van der Waals surface area contributed by atoms with Crippen LogP contribution in [0.4, 0.5) is 0 Å². The predicted octanol–water partition coefficient (Wildman–Crippen LogP) is 3.37. The second kappa shape index (κ2) is 10.9. The molecular formula is C15H26BrCl2N3OS. The van der Waals surface area contributed by atoms with Gasteiger partial charge in [-0.05, 0) is 40.4 Å². The Hall–Kier alpha value is 0.150. The first-order chi connectivity index (χ1) is 9.95. The molecule has 2 N–H and O–H groups in total. The molecule has 1 fully saturated rings. The van der Waals surface area contributed by atoms with Crippen LogP contribution in [0.1, 0.15) is 25.1 Å². The van der Waals surface area contributed by atoms with Crippen LogP contribution in [0.2, 0.25) is 0 Å². The number of nitrogens with zero attached hydrogens (tertiary/aromatic N) is 2. The van der Waals surface area contributed by atoms with Crippen molar-refractivity contribution < 1.29 is 4.79 Å². The lowest BCUT2D eigenvalue weighted by Crippen LogP contribution is -2.53. The van der Waals surface area contributed by atoms with E-state index < -0.39 is 0 Å². The highest BCUT2D eigenvalue weighted by atomic mass is 79.9. The summed E-state index contributed by atoms with van der Waals surface area (Å²) in [5, 5.41) is 0. The van der Waals surface area contributed by atoms with E-state index in [0.717, 1.165) is 39.1 Å². The highest BCUT2D eigenvalue weighted by Crippen LogP contribution is 2.23. The number of piperazine rings is 1. The maximum Gasteiger partial charge on any atom is 0.239 e. The first kappa shape index (κ1) is 23.1. The predicted molar refractivity (Wildman–Crippen MR) is 106 cm³/mol. The molecule has 1 saturated heterocycles. The molecule has 2 heterocycles. The Labute approximate surface area is 163 Å². The molecule has 1 aromatic rings. The zero-order chi connectivity index (χ0) is 15.4. The van der Waals surface area contributed by atoms with Gasteiger partial charge in [-0.25, -0.2) is 0 Å². The van der Waals surface area contributed by atoms with Gasteiger partial charge in [-0.15, -0.1) is 36.2 Å². The Kier molecular flexibility index (Phi) is 11.0. The van der Waals surface area contributed by atoms with E-state index in [0.29, 0.717) is 5.92 Å². The van der Waals surface area contributed by atoms with E-state index in [1.807, 2.05) is 4.90 Å². The minimum Gasteiger partial charge on any atom is -0.339 e. The van der Waals surface area contributed by atoms with Crippen molar-refractivity contribution in [2.75, 3.05) is 26.2 Å². The molecular weight excluding hydrogens is 421 g/mol. The van der Waals surface area contributed by atoms with E-state index in [9.17, 15) is 4.79 Å². The molecule has 0 saturated carbocycles. The van der Waals surface area contributed by atoms with Gasteiger partial charge in [-0.1, -0.05) is 13.8 Å². The summed E-state index contributed by atoms with van der Waals surface area (Å²) in [7, 11) is 0. The SMILES string of the molecule is CC(C)C[C@H](N)C(=O)N1CCN(Cc2ccc(Br)s2)CC1.Cl.Cl. The molecule has 1 aromatic heterocycles. The Morgan fingerprint density at radius 2 is 1.87 bits per heavy atom. The minimum absolute atomic E-state index is 0. The molecule has 0 bridgehead atoms. The lowest BCUT2D eigenvalue weighted by Gasteiger charge is -2.35. The number of hydrogen-bond donors (Lipinski definition) is 1. The third-order valence-corrected chi connectivity index (χ3v) is 5.34. The topological polar surface area (TPSA) is 49.6 Å². The fourth-order valence-electron chi connectivity index (χ4n) is 2.63. The number of carbonyl (C=O) groups excluding carboxylic acids is 1. The molecule has 4 nitrogen and oxygen atoms in total. The normalized spacial score (nSPS) is 16.7. The van der Waals surface area contributed by atoms with Crippen LogP contribution in [-0.4, -0.2) is 47.9 Å². The molecule has 1 amide bonds. The van der Waals surface area contributed by atoms with E-state index in [1.54, 1.807) is 11.3 Å². The quantitative estimate of drug-likeness (QED) is 0.754. The van der Waals surface area contributed by atoms with Gasteiger partial charge >= 0.3 is 0 Å². The second-order valence-corrected chi connectivity index (χ2v) is 8.59. The Morgan fingerprint density at radius 3 is 2.35 bits per heavy atom. The van der Waals surface area contributed by atoms with E-state index in [4.69, 9.17) is 5.73 Å². The van der Waals surface area contributed by atoms with Gasteiger partial charge in [0.05, 0.1) is 9.83 Å². The van der Waals surface area contributed by atoms with E-state index in [1.165, 1.54) is 8.66 Å². The first-order valence-electron chi connectivity index (χ1n) is 7.46. The van der Waals surface area contributed by atoms with Crippen LogP contribution in [0.25, 0.3) is 0 Å². The van der Waals surface area contributed by atoms with Crippen molar-refractivity contribution in [3.8, 4) is 0 Å². The summed E-state index contributed by atoms with van der Waals surface area (Å²) >= 11 is 5.27. The molecule has 1 aliphatic rings. The summed E-state index contributed by atoms with van der Waals surface area (Å²) in [5.74, 6) is 0.574. The zero-order valence-electron chi connectivity index (χ0n) is 13.5. The molecule has 0 spiro atoms. The monoisotopic (exact) mass is 445 g/mol. The third kappa shape index (κ3) is 7.28. The summed E-state index contributed by atoms with van der Waals surface area (Å²) < 4.78 is 1.17. The summed E-state index contributed by atoms with van der Waals surface area (Å²) in [6, 6.07) is 3.90. The summed E-state index contributed by atoms with van der Waals surface area (Å²) in [5.41, 5.74) is 6.00. The van der Waals surface area contributed by atoms with Crippen LogP contribution in [0, 0.1) is 5.92 Å². The first-order valence-corrected chi connectivity index (χ1v) is 9.07. The van der Waals surface area contributed by atoms with Crippen molar-refractivity contribution in [3.63, 3.8) is 0 Å². The molecule has 8 heteroatoms. The Morgan fingerprint density at radius 1 is 1.26 bits per heavy atom. The Balaban J connectivity index is 0.00000242. The van der Waals surface area contributed by atoms with Crippen molar-refractivity contribution in [3.05, 3.63) is 20.8 Å². The molecule has 0 aromatic carbocycles. The van der Waals surface area contributed by atoms with Crippen LogP contribution in [0.5, 0.6) is 0 Å². The van der Waals surface area contributed by atoms with E-state index >= 15 is 0 Å². The van der Waals surface area contributed by atoms with E-state index in [-0.39, 0.29) is 36.8 Å². The molecule has 1 atom stereocenters. The van der Waals surface area contributed by atoms with E-state index in [2.05, 4.69) is 46.8 Å². The van der Waals surface area contributed by atoms with Gasteiger partial charge in [0.15, 0.2) is 0 Å². The third-order valence-electron chi connectivity index (χ3n) is 3.73. The van der Waals surface area contributed by atoms with Gasteiger partial charge in [-0.2, -0.15) is 0 Å². The van der Waals surface area contributed by atoms with Crippen molar-refractivity contribution in [1.82, 2.24) is 9.80 Å². The number of thiophene rings is 1. The van der Waals surface area contributed by atoms with Crippen LogP contribution in [0.3, 0.4) is 0 Å². The van der Waals surface area contributed by atoms with Crippen molar-refractivity contribution >= 4 is 58.0 Å². The summed E-state index contributed by atoms with van der Waals surface area (Å²) in [6.45, 7) is 8.60. The van der Waals surface area contributed by atoms with Gasteiger partial charge in [0.2, 0.25) is 5.91 Å². The summed E-state index contributed by atoms with van der Waals surface area (Å²) in [6.07, 6.45) is 0.766. The fourth-order valence-corrected chi connectivity index (χ4v) is 4.15. The zero-order valence-corrected chi connectivity index (χ0v) is 17.6. The molecule has 23 heavy (non-hydrogen) atoms. The minimum atomic E-state index is -0.343. The number of halogens is 3. The van der Waals surface area contributed by atoms with Crippen LogP contribution in [0.15, 0.2) is 15.9 Å². The molecule has 0 radical (unpaired) electrons. The number of amides is 1. The maximum atomic E-state index is 12.3. The second-order valence-electron chi connectivity index (χ2n) is 6.04. The van der Waals surface area contributed by atoms with Gasteiger partial charge < -0.3 is 10.6 Å². The highest BCUT2D eigenvalue weighted by molar-refractivity contribution is 9.11. The molecule has 134 valence electrons. The molecule has 0 unspecified atom stereocenters. The van der Waals surface area contributed by atoms with Crippen LogP contribution < -0.4 is 5.73 Å². The number of carbonyl (C=O) groups is 1. The van der Waals surface area contributed by atoms with Crippen LogP contribution in [-0.2, 0) is 11.3 Å². The Bertz CT molecular complexity index is 479. The summed E-state index contributed by atoms with van der Waals surface area (Å²) in [4.78, 5) is 18.0. The molecule has 2 rings (SSSR count). The van der Waals surface area contributed by atoms with Gasteiger partial charge in [0.25, 0.3) is 0 Å². The average molecular weight is 447 g/mol. The molecule has 1 aliphatic heterocycles. The number of nitrogens with two attached hydrogens (primary N) is 1. The highest BCUT2D eigenvalue weighted by Gasteiger charge is 2.25. The smallest absolute Gasteiger partial charge is 0.239 e. The average Bonchev–Trinajstić information content (AvgIpc) is 2.83. The lowest BCUT2D eigenvalue weighted by atomic mass is 10.0. The number of rotatable bonds is 5. The van der Waals surface area contributed by atoms with Crippen LogP contribution >= 0.6 is 52.1 Å². The van der Waals surface area contributed by atoms with Crippen molar-refractivity contribution in [2.24, 2.45) is 11.7 Å². The molecule has 0 aliphatic carbocycles. The number of hydrogen-bond acceptors (Lipinski definition) is 4.